The van der Waals surface area contributed by atoms with Crippen molar-refractivity contribution in [2.24, 2.45) is 0 Å². The molecular weight excluding hydrogens is 253 g/mol. The predicted molar refractivity (Wildman–Crippen MR) is 83.6 cm³/mol. The van der Waals surface area contributed by atoms with Gasteiger partial charge in [0, 0.05) is 0 Å². The van der Waals surface area contributed by atoms with E-state index in [4.69, 9.17) is 9.47 Å². The first-order valence-corrected chi connectivity index (χ1v) is 6.78. The molecule has 0 aliphatic rings. The normalized spacial score (nSPS) is 11.8. The van der Waals surface area contributed by atoms with Gasteiger partial charge in [0.05, 0.1) is 5.54 Å². The van der Waals surface area contributed by atoms with Crippen molar-refractivity contribution in [3.63, 3.8) is 0 Å². The summed E-state index contributed by atoms with van der Waals surface area (Å²) >= 11 is 0. The van der Waals surface area contributed by atoms with Crippen LogP contribution in [0.25, 0.3) is 0 Å². The molecule has 1 N–H and O–H groups in total. The molecule has 0 saturated heterocycles. The molecule has 1 rings (SSSR count). The third-order valence-electron chi connectivity index (χ3n) is 2.46. The summed E-state index contributed by atoms with van der Waals surface area (Å²) in [7, 11) is 2.03. The molecule has 1 aromatic rings. The molecule has 0 saturated carbocycles. The first kappa shape index (κ1) is 16.4. The maximum absolute atomic E-state index is 11.7. The van der Waals surface area contributed by atoms with Gasteiger partial charge in [-0.25, -0.2) is 4.79 Å². The Hall–Kier alpha value is -1.65. The lowest BCUT2D eigenvalue weighted by molar-refractivity contribution is 0.0441. The van der Waals surface area contributed by atoms with Crippen molar-refractivity contribution in [3.05, 3.63) is 24.3 Å². The molecule has 0 atom stereocenters. The first-order valence-electron chi connectivity index (χ1n) is 6.78. The molecule has 0 aliphatic carbocycles. The van der Waals surface area contributed by atoms with Gasteiger partial charge in [-0.05, 0) is 46.8 Å². The van der Waals surface area contributed by atoms with E-state index in [1.807, 2.05) is 66.7 Å². The third kappa shape index (κ3) is 6.50. The predicted octanol–water partition coefficient (Wildman–Crippen LogP) is 1.63. The van der Waals surface area contributed by atoms with Gasteiger partial charge in [0.25, 0.3) is 0 Å². The fourth-order valence-electron chi connectivity index (χ4n) is 1.51. The van der Waals surface area contributed by atoms with Crippen LogP contribution in [0.1, 0.15) is 34.6 Å². The zero-order valence-electron chi connectivity index (χ0n) is 13.2. The summed E-state index contributed by atoms with van der Waals surface area (Å²) in [6.07, 6.45) is -0.435. The zero-order valence-corrected chi connectivity index (χ0v) is 13.2. The topological polar surface area (TPSA) is 47.6 Å². The minimum absolute atomic E-state index is 0.370. The number of ether oxygens (including phenoxy) is 2. The lowest BCUT2D eigenvalue weighted by Crippen LogP contribution is -2.49. The van der Waals surface area contributed by atoms with Crippen LogP contribution in [0.15, 0.2) is 24.3 Å². The average molecular weight is 277 g/mol. The first-order chi connectivity index (χ1) is 9.07. The minimum Gasteiger partial charge on any atom is -0.491 e. The zero-order chi connectivity index (χ0) is 15.4. The van der Waals surface area contributed by atoms with Gasteiger partial charge in [0.15, 0.2) is 0 Å². The summed E-state index contributed by atoms with van der Waals surface area (Å²) in [5.74, 6) is 0.787. The molecule has 0 fully saturated rings. The number of rotatable bonds is 4. The Labute approximate surface area is 122 Å². The second-order valence-corrected chi connectivity index (χ2v) is 6.61. The number of alkyl carbamates (subject to hydrolysis) is 1. The van der Waals surface area contributed by atoms with Crippen molar-refractivity contribution in [2.75, 3.05) is 6.61 Å². The van der Waals surface area contributed by atoms with Crippen LogP contribution in [-0.4, -0.2) is 31.7 Å². The number of hydrogen-bond donors (Lipinski definition) is 1. The Kier molecular flexibility index (Phi) is 5.09. The quantitative estimate of drug-likeness (QED) is 0.851. The van der Waals surface area contributed by atoms with E-state index >= 15 is 0 Å². The minimum atomic E-state index is -0.507. The van der Waals surface area contributed by atoms with Crippen LogP contribution in [0, 0.1) is 0 Å². The van der Waals surface area contributed by atoms with Crippen molar-refractivity contribution in [2.45, 2.75) is 45.8 Å². The van der Waals surface area contributed by atoms with E-state index in [0.717, 1.165) is 5.75 Å². The van der Waals surface area contributed by atoms with Gasteiger partial charge in [0.1, 0.15) is 25.8 Å². The highest BCUT2D eigenvalue weighted by Crippen LogP contribution is 2.13. The number of carbonyl (C=O) groups excluding carboxylic acids is 1. The standard InChI is InChI=1S/C15H24BNO3/c1-14(2,3)20-13(18)17-15(4,5)10-19-12-8-6-11(16)7-9-12/h6-9H,10,16H2,1-5H3,(H,17,18). The van der Waals surface area contributed by atoms with Gasteiger partial charge in [-0.3, -0.25) is 0 Å². The summed E-state index contributed by atoms with van der Waals surface area (Å²) in [6.45, 7) is 9.67. The Morgan fingerprint density at radius 2 is 1.70 bits per heavy atom. The Morgan fingerprint density at radius 1 is 1.15 bits per heavy atom. The Bertz CT molecular complexity index is 449. The van der Waals surface area contributed by atoms with E-state index in [-0.39, 0.29) is 0 Å². The smallest absolute Gasteiger partial charge is 0.408 e. The van der Waals surface area contributed by atoms with Crippen LogP contribution in [0.4, 0.5) is 4.79 Å². The lowest BCUT2D eigenvalue weighted by atomic mass is 9.97. The molecule has 0 heterocycles. The van der Waals surface area contributed by atoms with E-state index in [1.165, 1.54) is 5.46 Å². The van der Waals surface area contributed by atoms with Crippen LogP contribution in [0.5, 0.6) is 5.75 Å². The van der Waals surface area contributed by atoms with Gasteiger partial charge in [0.2, 0.25) is 0 Å². The third-order valence-corrected chi connectivity index (χ3v) is 2.46. The maximum Gasteiger partial charge on any atom is 0.408 e. The Balaban J connectivity index is 2.48. The molecule has 20 heavy (non-hydrogen) atoms. The molecule has 0 bridgehead atoms. The highest BCUT2D eigenvalue weighted by Gasteiger charge is 2.25. The van der Waals surface area contributed by atoms with Crippen LogP contribution in [0.3, 0.4) is 0 Å². The van der Waals surface area contributed by atoms with E-state index in [0.29, 0.717) is 6.61 Å². The fraction of sp³-hybridized carbons (Fsp3) is 0.533. The molecule has 4 nitrogen and oxygen atoms in total. The highest BCUT2D eigenvalue weighted by atomic mass is 16.6. The molecule has 0 aromatic heterocycles. The van der Waals surface area contributed by atoms with Gasteiger partial charge in [-0.15, -0.1) is 0 Å². The molecular formula is C15H24BNO3. The molecule has 0 aliphatic heterocycles. The molecule has 0 unspecified atom stereocenters. The van der Waals surface area contributed by atoms with Gasteiger partial charge >= 0.3 is 6.09 Å². The average Bonchev–Trinajstić information content (AvgIpc) is 2.24. The number of hydrogen-bond acceptors (Lipinski definition) is 3. The molecule has 110 valence electrons. The molecule has 5 heteroatoms. The molecule has 0 radical (unpaired) electrons. The van der Waals surface area contributed by atoms with Crippen molar-refractivity contribution in [1.29, 1.82) is 0 Å². The van der Waals surface area contributed by atoms with Crippen LogP contribution < -0.4 is 15.5 Å². The maximum atomic E-state index is 11.7. The van der Waals surface area contributed by atoms with Crippen LogP contribution >= 0.6 is 0 Å². The largest absolute Gasteiger partial charge is 0.491 e. The van der Waals surface area contributed by atoms with Gasteiger partial charge < -0.3 is 14.8 Å². The van der Waals surface area contributed by atoms with Crippen molar-refractivity contribution in [3.8, 4) is 5.75 Å². The van der Waals surface area contributed by atoms with Crippen LogP contribution in [0.2, 0.25) is 0 Å². The van der Waals surface area contributed by atoms with Gasteiger partial charge in [-0.2, -0.15) is 0 Å². The fourth-order valence-corrected chi connectivity index (χ4v) is 1.51. The van der Waals surface area contributed by atoms with E-state index < -0.39 is 17.2 Å². The highest BCUT2D eigenvalue weighted by molar-refractivity contribution is 6.32. The van der Waals surface area contributed by atoms with E-state index in [9.17, 15) is 4.79 Å². The Morgan fingerprint density at radius 3 is 2.20 bits per heavy atom. The van der Waals surface area contributed by atoms with Gasteiger partial charge in [-0.1, -0.05) is 17.6 Å². The summed E-state index contributed by atoms with van der Waals surface area (Å²) < 4.78 is 10.9. The summed E-state index contributed by atoms with van der Waals surface area (Å²) in [4.78, 5) is 11.7. The molecule has 1 amide bonds. The molecule has 1 aromatic carbocycles. The number of nitrogens with one attached hydrogen (secondary N) is 1. The monoisotopic (exact) mass is 277 g/mol. The van der Waals surface area contributed by atoms with E-state index in [1.54, 1.807) is 0 Å². The van der Waals surface area contributed by atoms with Crippen molar-refractivity contribution >= 4 is 19.4 Å². The second kappa shape index (κ2) is 6.20. The van der Waals surface area contributed by atoms with E-state index in [2.05, 4.69) is 5.32 Å². The second-order valence-electron chi connectivity index (χ2n) is 6.61. The van der Waals surface area contributed by atoms with Crippen molar-refractivity contribution < 1.29 is 14.3 Å². The number of carbonyl (C=O) groups is 1. The summed E-state index contributed by atoms with van der Waals surface area (Å²) in [5, 5.41) is 2.81. The summed E-state index contributed by atoms with van der Waals surface area (Å²) in [5.41, 5.74) is 0.175. The summed E-state index contributed by atoms with van der Waals surface area (Å²) in [6, 6.07) is 7.81. The lowest BCUT2D eigenvalue weighted by Gasteiger charge is -2.28. The van der Waals surface area contributed by atoms with Crippen LogP contribution in [-0.2, 0) is 4.74 Å². The SMILES string of the molecule is Bc1ccc(OCC(C)(C)NC(=O)OC(C)(C)C)cc1. The number of amides is 1. The molecule has 0 spiro atoms. The van der Waals surface area contributed by atoms with Crippen molar-refractivity contribution in [1.82, 2.24) is 5.32 Å². The number of benzene rings is 1.